The number of carbonyl (C=O) groups is 1. The largest absolute Gasteiger partial charge is 0.354 e. The van der Waals surface area contributed by atoms with E-state index in [1.807, 2.05) is 48.5 Å². The van der Waals surface area contributed by atoms with E-state index in [9.17, 15) is 4.79 Å². The molecule has 0 aliphatic rings. The number of anilines is 1. The molecule has 0 radical (unpaired) electrons. The molecule has 3 rings (SSSR count). The van der Waals surface area contributed by atoms with Gasteiger partial charge in [0.25, 0.3) is 5.91 Å². The smallest absolute Gasteiger partial charge is 0.270 e. The summed E-state index contributed by atoms with van der Waals surface area (Å²) in [6.07, 6.45) is 4.37. The fourth-order valence-electron chi connectivity index (χ4n) is 2.76. The molecule has 5 heteroatoms. The molecule has 1 amide bonds. The standard InChI is InChI=1S/C22H24N4O/c27-21(23-16-13-19-10-5-2-6-11-19)20-14-17-25-22(26-20)24-15-7-12-18-8-3-1-4-9-18/h1-6,8-11,14,17H,7,12-13,15-16H2,(H,23,27)(H,24,25,26). The van der Waals surface area contributed by atoms with Crippen LogP contribution in [0.15, 0.2) is 72.9 Å². The molecule has 2 N–H and O–H groups in total. The maximum absolute atomic E-state index is 12.3. The summed E-state index contributed by atoms with van der Waals surface area (Å²) in [5.41, 5.74) is 2.89. The lowest BCUT2D eigenvalue weighted by molar-refractivity contribution is 0.0949. The van der Waals surface area contributed by atoms with Gasteiger partial charge in [-0.25, -0.2) is 9.97 Å². The summed E-state index contributed by atoms with van der Waals surface area (Å²) in [5.74, 6) is 0.305. The fraction of sp³-hybridized carbons (Fsp3) is 0.227. The van der Waals surface area contributed by atoms with Crippen molar-refractivity contribution < 1.29 is 4.79 Å². The molecule has 0 saturated carbocycles. The zero-order chi connectivity index (χ0) is 18.7. The van der Waals surface area contributed by atoms with Crippen molar-refractivity contribution in [2.24, 2.45) is 0 Å². The monoisotopic (exact) mass is 360 g/mol. The van der Waals surface area contributed by atoms with Gasteiger partial charge < -0.3 is 10.6 Å². The Bertz CT molecular complexity index is 837. The van der Waals surface area contributed by atoms with Crippen LogP contribution < -0.4 is 10.6 Å². The summed E-state index contributed by atoms with van der Waals surface area (Å²) in [5, 5.41) is 6.10. The third kappa shape index (κ3) is 6.22. The van der Waals surface area contributed by atoms with Crippen LogP contribution in [0.5, 0.6) is 0 Å². The number of nitrogens with one attached hydrogen (secondary N) is 2. The van der Waals surface area contributed by atoms with Gasteiger partial charge >= 0.3 is 0 Å². The number of carbonyl (C=O) groups excluding carboxylic acids is 1. The Morgan fingerprint density at radius 1 is 0.815 bits per heavy atom. The second-order valence-corrected chi connectivity index (χ2v) is 6.27. The minimum absolute atomic E-state index is 0.180. The predicted molar refractivity (Wildman–Crippen MR) is 108 cm³/mol. The van der Waals surface area contributed by atoms with Crippen LogP contribution in [0.1, 0.15) is 28.0 Å². The number of hydrogen-bond donors (Lipinski definition) is 2. The first-order valence-corrected chi connectivity index (χ1v) is 9.24. The quantitative estimate of drug-likeness (QED) is 0.573. The van der Waals surface area contributed by atoms with Crippen LogP contribution in [0.4, 0.5) is 5.95 Å². The van der Waals surface area contributed by atoms with Gasteiger partial charge in [-0.3, -0.25) is 4.79 Å². The first-order valence-electron chi connectivity index (χ1n) is 9.24. The number of benzene rings is 2. The highest BCUT2D eigenvalue weighted by Gasteiger charge is 2.08. The first kappa shape index (κ1) is 18.6. The lowest BCUT2D eigenvalue weighted by Gasteiger charge is -2.08. The normalized spacial score (nSPS) is 10.4. The van der Waals surface area contributed by atoms with Crippen molar-refractivity contribution in [1.29, 1.82) is 0 Å². The van der Waals surface area contributed by atoms with Crippen molar-refractivity contribution in [3.05, 3.63) is 89.7 Å². The highest BCUT2D eigenvalue weighted by molar-refractivity contribution is 5.92. The Kier molecular flexibility index (Phi) is 6.92. The molecule has 0 bridgehead atoms. The third-order valence-electron chi connectivity index (χ3n) is 4.20. The molecule has 2 aromatic carbocycles. The lowest BCUT2D eigenvalue weighted by Crippen LogP contribution is -2.27. The second-order valence-electron chi connectivity index (χ2n) is 6.27. The predicted octanol–water partition coefficient (Wildman–Crippen LogP) is 3.49. The summed E-state index contributed by atoms with van der Waals surface area (Å²) < 4.78 is 0. The topological polar surface area (TPSA) is 66.9 Å². The summed E-state index contributed by atoms with van der Waals surface area (Å²) in [6, 6.07) is 22.1. The average molecular weight is 360 g/mol. The first-order chi connectivity index (χ1) is 13.3. The van der Waals surface area contributed by atoms with E-state index in [1.54, 1.807) is 12.3 Å². The maximum atomic E-state index is 12.3. The highest BCUT2D eigenvalue weighted by Crippen LogP contribution is 2.05. The highest BCUT2D eigenvalue weighted by atomic mass is 16.1. The number of nitrogens with zero attached hydrogens (tertiary/aromatic N) is 2. The van der Waals surface area contributed by atoms with Gasteiger partial charge in [-0.2, -0.15) is 0 Å². The Morgan fingerprint density at radius 2 is 1.48 bits per heavy atom. The van der Waals surface area contributed by atoms with E-state index in [1.165, 1.54) is 11.1 Å². The molecule has 0 spiro atoms. The molecular weight excluding hydrogens is 336 g/mol. The lowest BCUT2D eigenvalue weighted by atomic mass is 10.1. The van der Waals surface area contributed by atoms with E-state index in [-0.39, 0.29) is 5.91 Å². The van der Waals surface area contributed by atoms with E-state index < -0.39 is 0 Å². The Morgan fingerprint density at radius 3 is 2.19 bits per heavy atom. The molecular formula is C22H24N4O. The molecule has 138 valence electrons. The second kappa shape index (κ2) is 10.1. The van der Waals surface area contributed by atoms with Crippen LogP contribution in [-0.4, -0.2) is 29.0 Å². The van der Waals surface area contributed by atoms with Crippen molar-refractivity contribution in [3.8, 4) is 0 Å². The summed E-state index contributed by atoms with van der Waals surface area (Å²) >= 11 is 0. The van der Waals surface area contributed by atoms with Gasteiger partial charge in [0.05, 0.1) is 0 Å². The maximum Gasteiger partial charge on any atom is 0.270 e. The van der Waals surface area contributed by atoms with E-state index in [4.69, 9.17) is 0 Å². The van der Waals surface area contributed by atoms with Crippen molar-refractivity contribution in [2.75, 3.05) is 18.4 Å². The van der Waals surface area contributed by atoms with E-state index in [0.717, 1.165) is 25.8 Å². The SMILES string of the molecule is O=C(NCCc1ccccc1)c1ccnc(NCCCc2ccccc2)n1. The minimum atomic E-state index is -0.180. The van der Waals surface area contributed by atoms with Gasteiger partial charge in [0.2, 0.25) is 5.95 Å². The van der Waals surface area contributed by atoms with Gasteiger partial charge in [-0.15, -0.1) is 0 Å². The van der Waals surface area contributed by atoms with Crippen molar-refractivity contribution in [3.63, 3.8) is 0 Å². The van der Waals surface area contributed by atoms with Crippen LogP contribution in [0.25, 0.3) is 0 Å². The van der Waals surface area contributed by atoms with Gasteiger partial charge in [-0.1, -0.05) is 60.7 Å². The molecule has 0 saturated heterocycles. The summed E-state index contributed by atoms with van der Waals surface area (Å²) in [6.45, 7) is 1.33. The molecule has 0 atom stereocenters. The number of hydrogen-bond acceptors (Lipinski definition) is 4. The number of aromatic nitrogens is 2. The van der Waals surface area contributed by atoms with E-state index >= 15 is 0 Å². The van der Waals surface area contributed by atoms with Gasteiger partial charge in [-0.05, 0) is 36.5 Å². The third-order valence-corrected chi connectivity index (χ3v) is 4.20. The van der Waals surface area contributed by atoms with Crippen LogP contribution in [-0.2, 0) is 12.8 Å². The molecule has 5 nitrogen and oxygen atoms in total. The molecule has 0 aliphatic carbocycles. The van der Waals surface area contributed by atoms with Crippen LogP contribution in [0, 0.1) is 0 Å². The molecule has 0 fully saturated rings. The Labute approximate surface area is 159 Å². The van der Waals surface area contributed by atoms with Crippen molar-refractivity contribution >= 4 is 11.9 Å². The Hall–Kier alpha value is -3.21. The summed E-state index contributed by atoms with van der Waals surface area (Å²) in [7, 11) is 0. The molecule has 27 heavy (non-hydrogen) atoms. The molecule has 0 unspecified atom stereocenters. The fourth-order valence-corrected chi connectivity index (χ4v) is 2.76. The Balaban J connectivity index is 1.42. The summed E-state index contributed by atoms with van der Waals surface area (Å²) in [4.78, 5) is 20.8. The van der Waals surface area contributed by atoms with Crippen molar-refractivity contribution in [2.45, 2.75) is 19.3 Å². The average Bonchev–Trinajstić information content (AvgIpc) is 2.73. The van der Waals surface area contributed by atoms with Gasteiger partial charge in [0.1, 0.15) is 5.69 Å². The zero-order valence-corrected chi connectivity index (χ0v) is 15.3. The molecule has 3 aromatic rings. The molecule has 0 aliphatic heterocycles. The van der Waals surface area contributed by atoms with Crippen molar-refractivity contribution in [1.82, 2.24) is 15.3 Å². The number of rotatable bonds is 9. The molecule has 1 heterocycles. The minimum Gasteiger partial charge on any atom is -0.354 e. The van der Waals surface area contributed by atoms with Gasteiger partial charge in [0.15, 0.2) is 0 Å². The van der Waals surface area contributed by atoms with Crippen LogP contribution in [0.3, 0.4) is 0 Å². The number of amides is 1. The van der Waals surface area contributed by atoms with Gasteiger partial charge in [0, 0.05) is 19.3 Å². The van der Waals surface area contributed by atoms with E-state index in [0.29, 0.717) is 18.2 Å². The van der Waals surface area contributed by atoms with Crippen LogP contribution >= 0.6 is 0 Å². The number of aryl methyl sites for hydroxylation is 1. The van der Waals surface area contributed by atoms with E-state index in [2.05, 4.69) is 32.7 Å². The molecule has 1 aromatic heterocycles. The van der Waals surface area contributed by atoms with Crippen LogP contribution in [0.2, 0.25) is 0 Å². The zero-order valence-electron chi connectivity index (χ0n) is 15.3.